The van der Waals surface area contributed by atoms with Crippen molar-refractivity contribution in [3.63, 3.8) is 0 Å². The average molecular weight is 582 g/mol. The van der Waals surface area contributed by atoms with Crippen molar-refractivity contribution in [3.8, 4) is 11.5 Å². The number of urea groups is 1. The summed E-state index contributed by atoms with van der Waals surface area (Å²) in [6, 6.07) is 13.2. The highest BCUT2D eigenvalue weighted by atomic mass is 19.4. The number of methoxy groups -OCH3 is 2. The summed E-state index contributed by atoms with van der Waals surface area (Å²) < 4.78 is 56.3. The largest absolute Gasteiger partial charge is 0.493 e. The summed E-state index contributed by atoms with van der Waals surface area (Å²) in [5.41, 5.74) is 1.82. The molecule has 0 aromatic heterocycles. The summed E-state index contributed by atoms with van der Waals surface area (Å²) in [5.74, 6) is -1.60. The first kappa shape index (κ1) is 30.4. The number of carboxylic acid groups (broad SMARTS) is 1. The number of carbonyl (C=O) groups excluding carboxylic acids is 1. The second-order valence-electron chi connectivity index (χ2n) is 10.7. The van der Waals surface area contributed by atoms with Gasteiger partial charge >= 0.3 is 18.2 Å². The van der Waals surface area contributed by atoms with E-state index in [0.29, 0.717) is 17.8 Å². The monoisotopic (exact) mass is 581 g/mol. The highest BCUT2D eigenvalue weighted by molar-refractivity contribution is 5.89. The number of fused-ring (bicyclic) bond motifs is 1. The van der Waals surface area contributed by atoms with Crippen LogP contribution in [-0.4, -0.2) is 67.1 Å². The van der Waals surface area contributed by atoms with Gasteiger partial charge in [-0.3, -0.25) is 4.90 Å². The lowest BCUT2D eigenvalue weighted by Crippen LogP contribution is -2.55. The number of alkyl halides is 3. The number of aliphatic carboxylic acids is 1. The molecule has 2 amide bonds. The Morgan fingerprint density at radius 1 is 1.02 bits per heavy atom. The predicted octanol–water partition coefficient (Wildman–Crippen LogP) is 5.72. The number of anilines is 1. The van der Waals surface area contributed by atoms with Crippen LogP contribution in [0.1, 0.15) is 50.5 Å². The van der Waals surface area contributed by atoms with E-state index in [9.17, 15) is 22.4 Å². The maximum Gasteiger partial charge on any atom is 0.490 e. The van der Waals surface area contributed by atoms with E-state index >= 15 is 0 Å². The summed E-state index contributed by atoms with van der Waals surface area (Å²) in [6.07, 6.45) is 2.66. The lowest BCUT2D eigenvalue weighted by atomic mass is 9.64. The van der Waals surface area contributed by atoms with E-state index in [2.05, 4.69) is 27.7 Å². The second-order valence-corrected chi connectivity index (χ2v) is 10.7. The van der Waals surface area contributed by atoms with Gasteiger partial charge in [-0.2, -0.15) is 13.2 Å². The number of halogens is 4. The smallest absolute Gasteiger partial charge is 0.490 e. The van der Waals surface area contributed by atoms with E-state index in [0.717, 1.165) is 43.7 Å². The lowest BCUT2D eigenvalue weighted by Gasteiger charge is -2.48. The molecule has 12 heteroatoms. The number of hydrogen-bond acceptors (Lipinski definition) is 5. The molecule has 224 valence electrons. The quantitative estimate of drug-likeness (QED) is 0.378. The van der Waals surface area contributed by atoms with Gasteiger partial charge in [0.1, 0.15) is 5.82 Å². The molecule has 1 saturated heterocycles. The van der Waals surface area contributed by atoms with E-state index in [-0.39, 0.29) is 23.3 Å². The summed E-state index contributed by atoms with van der Waals surface area (Å²) >= 11 is 0. The maximum atomic E-state index is 13.5. The molecule has 0 unspecified atom stereocenters. The van der Waals surface area contributed by atoms with Crippen molar-refractivity contribution < 1.29 is 41.7 Å². The Morgan fingerprint density at radius 2 is 1.73 bits per heavy atom. The van der Waals surface area contributed by atoms with E-state index in [4.69, 9.17) is 19.4 Å². The normalized spacial score (nSPS) is 24.2. The molecule has 1 heterocycles. The van der Waals surface area contributed by atoms with Gasteiger partial charge in [0.05, 0.1) is 14.2 Å². The molecule has 2 aliphatic carbocycles. The van der Waals surface area contributed by atoms with Crippen LogP contribution >= 0.6 is 0 Å². The molecule has 2 saturated carbocycles. The van der Waals surface area contributed by atoms with Crippen molar-refractivity contribution in [1.82, 2.24) is 10.2 Å². The number of amides is 2. The molecule has 1 aliphatic heterocycles. The molecule has 2 aromatic carbocycles. The molecule has 0 spiro atoms. The second kappa shape index (κ2) is 12.5. The van der Waals surface area contributed by atoms with Crippen LogP contribution in [0.25, 0.3) is 0 Å². The number of rotatable bonds is 6. The Morgan fingerprint density at radius 3 is 2.32 bits per heavy atom. The minimum Gasteiger partial charge on any atom is -0.493 e. The summed E-state index contributed by atoms with van der Waals surface area (Å²) in [4.78, 5) is 24.3. The number of nitrogens with zero attached hydrogens (tertiary/aromatic N) is 1. The number of likely N-dealkylation sites (tertiary alicyclic amines) is 1. The van der Waals surface area contributed by atoms with Gasteiger partial charge in [-0.1, -0.05) is 18.6 Å². The molecule has 0 bridgehead atoms. The molecule has 3 atom stereocenters. The summed E-state index contributed by atoms with van der Waals surface area (Å²) in [7, 11) is 3.35. The zero-order chi connectivity index (χ0) is 29.8. The molecule has 2 aromatic rings. The summed E-state index contributed by atoms with van der Waals surface area (Å²) in [5, 5.41) is 13.1. The zero-order valence-electron chi connectivity index (χ0n) is 23.0. The van der Waals surface area contributed by atoms with Gasteiger partial charge < -0.3 is 25.2 Å². The van der Waals surface area contributed by atoms with Crippen molar-refractivity contribution in [2.45, 2.75) is 74.7 Å². The van der Waals surface area contributed by atoms with Crippen molar-refractivity contribution >= 4 is 17.7 Å². The molecule has 41 heavy (non-hydrogen) atoms. The highest BCUT2D eigenvalue weighted by Gasteiger charge is 2.53. The molecular weight excluding hydrogens is 546 g/mol. The van der Waals surface area contributed by atoms with Crippen molar-refractivity contribution in [1.29, 1.82) is 0 Å². The third-order valence-corrected chi connectivity index (χ3v) is 8.46. The van der Waals surface area contributed by atoms with Crippen molar-refractivity contribution in [3.05, 3.63) is 53.8 Å². The van der Waals surface area contributed by atoms with Gasteiger partial charge in [-0.05, 0) is 81.0 Å². The van der Waals surface area contributed by atoms with Gasteiger partial charge in [0, 0.05) is 29.2 Å². The van der Waals surface area contributed by atoms with Crippen LogP contribution in [0.15, 0.2) is 42.5 Å². The topological polar surface area (TPSA) is 100 Å². The number of nitrogens with one attached hydrogen (secondary N) is 2. The first-order valence-electron chi connectivity index (χ1n) is 13.6. The fourth-order valence-electron chi connectivity index (χ4n) is 6.27. The first-order valence-corrected chi connectivity index (χ1v) is 13.6. The Balaban J connectivity index is 0.000000493. The molecule has 0 radical (unpaired) electrons. The lowest BCUT2D eigenvalue weighted by molar-refractivity contribution is -0.192. The van der Waals surface area contributed by atoms with Crippen LogP contribution in [0.2, 0.25) is 0 Å². The fourth-order valence-corrected chi connectivity index (χ4v) is 6.27. The van der Waals surface area contributed by atoms with E-state index < -0.39 is 12.1 Å². The zero-order valence-corrected chi connectivity index (χ0v) is 23.0. The fraction of sp³-hybridized carbons (Fsp3) is 0.517. The molecule has 3 N–H and O–H groups in total. The van der Waals surface area contributed by atoms with Gasteiger partial charge in [0.2, 0.25) is 0 Å². The van der Waals surface area contributed by atoms with Crippen LogP contribution in [0.3, 0.4) is 0 Å². The van der Waals surface area contributed by atoms with E-state index in [1.165, 1.54) is 37.0 Å². The van der Waals surface area contributed by atoms with E-state index in [1.54, 1.807) is 26.4 Å². The number of ether oxygens (including phenoxy) is 2. The van der Waals surface area contributed by atoms with Crippen LogP contribution in [-0.2, 0) is 10.2 Å². The van der Waals surface area contributed by atoms with Gasteiger partial charge in [-0.25, -0.2) is 14.0 Å². The van der Waals surface area contributed by atoms with Gasteiger partial charge in [0.15, 0.2) is 11.5 Å². The first-order chi connectivity index (χ1) is 19.5. The van der Waals surface area contributed by atoms with Crippen molar-refractivity contribution in [2.75, 3.05) is 26.1 Å². The number of carbonyl (C=O) groups is 2. The number of hydrogen-bond donors (Lipinski definition) is 3. The van der Waals surface area contributed by atoms with Crippen LogP contribution in [0.5, 0.6) is 11.5 Å². The highest BCUT2D eigenvalue weighted by Crippen LogP contribution is 2.52. The standard InChI is InChI=1S/C27H34FN3O3.C2HF3O2/c1-33-23-10-9-18(15-24(23)34-2)27-12-11-21(17-25(27)31(14-13-27)22-7-4-8-22)30-26(32)29-20-6-3-5-19(28)16-20;3-2(4,5)1(6)7/h3,5-6,9-10,15-16,21-22,25H,4,7-8,11-14,17H2,1-2H3,(H2,29,30,32);(H,6,7)/t21-,25+,27+;/m1./s1. The van der Waals surface area contributed by atoms with Crippen LogP contribution in [0, 0.1) is 5.82 Å². The molecule has 3 aliphatic rings. The third-order valence-electron chi connectivity index (χ3n) is 8.46. The molecule has 3 fully saturated rings. The van der Waals surface area contributed by atoms with Gasteiger partial charge in [0.25, 0.3) is 0 Å². The Kier molecular flexibility index (Phi) is 9.31. The van der Waals surface area contributed by atoms with Crippen molar-refractivity contribution in [2.24, 2.45) is 0 Å². The average Bonchev–Trinajstić information content (AvgIpc) is 3.26. The van der Waals surface area contributed by atoms with Crippen LogP contribution < -0.4 is 20.1 Å². The predicted molar refractivity (Wildman–Crippen MR) is 144 cm³/mol. The SMILES string of the molecule is COc1ccc([C@@]23CC[C@@H](NC(=O)Nc4cccc(F)c4)C[C@@H]2N(C2CCC2)CC3)cc1OC.O=C(O)C(F)(F)F. The van der Waals surface area contributed by atoms with Gasteiger partial charge in [-0.15, -0.1) is 0 Å². The molecule has 5 rings (SSSR count). The third kappa shape index (κ3) is 6.86. The maximum absolute atomic E-state index is 13.5. The Bertz CT molecular complexity index is 1240. The molecular formula is C29H35F4N3O5. The summed E-state index contributed by atoms with van der Waals surface area (Å²) in [6.45, 7) is 1.09. The minimum absolute atomic E-state index is 0.0480. The molecule has 8 nitrogen and oxygen atoms in total. The Labute approximate surface area is 236 Å². The Hall–Kier alpha value is -3.54. The number of benzene rings is 2. The van der Waals surface area contributed by atoms with E-state index in [1.807, 2.05) is 6.07 Å². The minimum atomic E-state index is -5.08. The number of carboxylic acids is 1. The van der Waals surface area contributed by atoms with Crippen LogP contribution in [0.4, 0.5) is 28.0 Å².